The lowest BCUT2D eigenvalue weighted by molar-refractivity contribution is -0.137. The fourth-order valence-electron chi connectivity index (χ4n) is 3.62. The zero-order chi connectivity index (χ0) is 23.0. The van der Waals surface area contributed by atoms with E-state index < -0.39 is 23.8 Å². The number of nitrogens with one attached hydrogen (secondary N) is 2. The van der Waals surface area contributed by atoms with Gasteiger partial charge >= 0.3 is 12.2 Å². The number of nitriles is 1. The summed E-state index contributed by atoms with van der Waals surface area (Å²) in [6.45, 7) is 3.29. The Morgan fingerprint density at radius 3 is 2.50 bits per heavy atom. The van der Waals surface area contributed by atoms with Crippen molar-refractivity contribution in [2.75, 3.05) is 0 Å². The first-order valence-electron chi connectivity index (χ1n) is 9.59. The average molecular weight is 454 g/mol. The van der Waals surface area contributed by atoms with E-state index in [1.165, 1.54) is 11.3 Å². The van der Waals surface area contributed by atoms with Crippen LogP contribution in [-0.4, -0.2) is 11.0 Å². The molecule has 9 heteroatoms. The number of nitrogens with zero attached hydrogens (tertiary/aromatic N) is 2. The molecule has 1 unspecified atom stereocenters. The molecule has 2 heterocycles. The van der Waals surface area contributed by atoms with Crippen molar-refractivity contribution in [2.24, 2.45) is 0 Å². The summed E-state index contributed by atoms with van der Waals surface area (Å²) in [4.78, 5) is 16.8. The highest BCUT2D eigenvalue weighted by Crippen LogP contribution is 2.39. The minimum atomic E-state index is -4.50. The molecule has 4 rings (SSSR count). The minimum Gasteiger partial charge on any atom is -0.327 e. The van der Waals surface area contributed by atoms with Crippen molar-refractivity contribution < 1.29 is 18.0 Å². The zero-order valence-electron chi connectivity index (χ0n) is 17.0. The number of carbonyl (C=O) groups excluding carboxylic acids is 1. The highest BCUT2D eigenvalue weighted by molar-refractivity contribution is 7.11. The van der Waals surface area contributed by atoms with Crippen LogP contribution in [0.3, 0.4) is 0 Å². The van der Waals surface area contributed by atoms with E-state index in [1.54, 1.807) is 44.2 Å². The first-order chi connectivity index (χ1) is 15.2. The summed E-state index contributed by atoms with van der Waals surface area (Å²) in [6, 6.07) is 11.5. The maximum Gasteiger partial charge on any atom is 0.416 e. The van der Waals surface area contributed by atoms with Crippen molar-refractivity contribution in [3.63, 3.8) is 0 Å². The Kier molecular flexibility index (Phi) is 5.48. The van der Waals surface area contributed by atoms with Gasteiger partial charge in [0.25, 0.3) is 0 Å². The van der Waals surface area contributed by atoms with Crippen LogP contribution in [0.1, 0.15) is 40.2 Å². The van der Waals surface area contributed by atoms with Crippen molar-refractivity contribution >= 4 is 22.9 Å². The fraction of sp³-hybridized carbons (Fsp3) is 0.174. The van der Waals surface area contributed by atoms with E-state index >= 15 is 0 Å². The molecule has 1 aliphatic heterocycles. The summed E-state index contributed by atoms with van der Waals surface area (Å²) in [5.41, 5.74) is 3.14. The first-order valence-corrected chi connectivity index (χ1v) is 10.5. The second-order valence-electron chi connectivity index (χ2n) is 7.43. The van der Waals surface area contributed by atoms with Gasteiger partial charge in [0, 0.05) is 22.2 Å². The molecule has 0 bridgehead atoms. The summed E-state index contributed by atoms with van der Waals surface area (Å²) >= 11 is 1.33. The van der Waals surface area contributed by atoms with E-state index in [-0.39, 0.29) is 0 Å². The van der Waals surface area contributed by atoms with Crippen LogP contribution in [0, 0.1) is 18.3 Å². The number of halogens is 3. The Balaban J connectivity index is 1.78. The number of hydrogen-bond donors (Lipinski definition) is 2. The van der Waals surface area contributed by atoms with E-state index in [0.717, 1.165) is 17.7 Å². The Morgan fingerprint density at radius 2 is 1.84 bits per heavy atom. The quantitative estimate of drug-likeness (QED) is 0.526. The van der Waals surface area contributed by atoms with Gasteiger partial charge < -0.3 is 10.6 Å². The number of aryl methyl sites for hydroxylation is 1. The van der Waals surface area contributed by atoms with E-state index in [2.05, 4.69) is 21.7 Å². The van der Waals surface area contributed by atoms with Crippen LogP contribution in [0.15, 0.2) is 53.5 Å². The largest absolute Gasteiger partial charge is 0.416 e. The molecule has 2 amide bonds. The number of benzene rings is 2. The number of alkyl halides is 3. The molecule has 0 aliphatic carbocycles. The predicted molar refractivity (Wildman–Crippen MR) is 115 cm³/mol. The van der Waals surface area contributed by atoms with Gasteiger partial charge in [0.05, 0.1) is 28.9 Å². The van der Waals surface area contributed by atoms with Gasteiger partial charge in [0.2, 0.25) is 0 Å². The summed E-state index contributed by atoms with van der Waals surface area (Å²) in [5.74, 6) is 0. The number of rotatable bonds is 3. The van der Waals surface area contributed by atoms with Crippen LogP contribution in [0.4, 0.5) is 18.0 Å². The van der Waals surface area contributed by atoms with Gasteiger partial charge in [-0.15, -0.1) is 11.3 Å². The highest BCUT2D eigenvalue weighted by Gasteiger charge is 2.34. The molecule has 0 fully saturated rings. The summed E-state index contributed by atoms with van der Waals surface area (Å²) in [5, 5.41) is 16.8. The van der Waals surface area contributed by atoms with Gasteiger partial charge in [-0.1, -0.05) is 23.8 Å². The zero-order valence-corrected chi connectivity index (χ0v) is 17.9. The molecular weight excluding hydrogens is 437 g/mol. The lowest BCUT2D eigenvalue weighted by atomic mass is 9.93. The van der Waals surface area contributed by atoms with Crippen LogP contribution >= 0.6 is 11.3 Å². The number of carbonyl (C=O) groups is 1. The average Bonchev–Trinajstić information content (AvgIpc) is 3.22. The molecule has 1 aliphatic rings. The molecule has 1 aromatic heterocycles. The van der Waals surface area contributed by atoms with Crippen LogP contribution < -0.4 is 10.6 Å². The summed E-state index contributed by atoms with van der Waals surface area (Å²) < 4.78 is 40.2. The van der Waals surface area contributed by atoms with Gasteiger partial charge in [-0.3, -0.25) is 0 Å². The second kappa shape index (κ2) is 8.13. The SMILES string of the molecule is CC1=C(c2nc(-c3ccc(C#N)cc3)cs2)C(c2cc(C)cc(C(F)(F)F)c2)NC(=O)N1. The number of urea groups is 1. The lowest BCUT2D eigenvalue weighted by Crippen LogP contribution is -2.43. The highest BCUT2D eigenvalue weighted by atomic mass is 32.1. The van der Waals surface area contributed by atoms with E-state index in [4.69, 9.17) is 5.26 Å². The molecule has 0 radical (unpaired) electrons. The van der Waals surface area contributed by atoms with Crippen molar-refractivity contribution in [3.05, 3.63) is 80.8 Å². The third-order valence-electron chi connectivity index (χ3n) is 5.07. The molecule has 0 saturated carbocycles. The van der Waals surface area contributed by atoms with Gasteiger partial charge in [-0.2, -0.15) is 18.4 Å². The molecule has 0 saturated heterocycles. The van der Waals surface area contributed by atoms with Crippen molar-refractivity contribution in [3.8, 4) is 17.3 Å². The Morgan fingerprint density at radius 1 is 1.12 bits per heavy atom. The topological polar surface area (TPSA) is 77.8 Å². The second-order valence-corrected chi connectivity index (χ2v) is 8.29. The molecule has 2 N–H and O–H groups in total. The number of hydrogen-bond acceptors (Lipinski definition) is 4. The van der Waals surface area contributed by atoms with Crippen LogP contribution in [0.2, 0.25) is 0 Å². The molecule has 0 spiro atoms. The maximum atomic E-state index is 13.4. The van der Waals surface area contributed by atoms with Gasteiger partial charge in [0.1, 0.15) is 5.01 Å². The number of amides is 2. The fourth-order valence-corrected chi connectivity index (χ4v) is 4.58. The van der Waals surface area contributed by atoms with E-state index in [1.807, 2.05) is 5.38 Å². The monoisotopic (exact) mass is 454 g/mol. The number of aromatic nitrogens is 1. The lowest BCUT2D eigenvalue weighted by Gasteiger charge is -2.29. The molecule has 1 atom stereocenters. The third kappa shape index (κ3) is 4.22. The molecule has 162 valence electrons. The van der Waals surface area contributed by atoms with Crippen molar-refractivity contribution in [1.82, 2.24) is 15.6 Å². The van der Waals surface area contributed by atoms with Crippen LogP contribution in [-0.2, 0) is 6.18 Å². The molecule has 5 nitrogen and oxygen atoms in total. The molecule has 2 aromatic carbocycles. The maximum absolute atomic E-state index is 13.4. The number of thiazole rings is 1. The predicted octanol–water partition coefficient (Wildman–Crippen LogP) is 5.79. The Labute approximate surface area is 186 Å². The minimum absolute atomic E-state index is 0.330. The smallest absolute Gasteiger partial charge is 0.327 e. The summed E-state index contributed by atoms with van der Waals surface area (Å²) in [6.07, 6.45) is -4.50. The van der Waals surface area contributed by atoms with Crippen LogP contribution in [0.25, 0.3) is 16.8 Å². The van der Waals surface area contributed by atoms with Gasteiger partial charge in [-0.25, -0.2) is 9.78 Å². The standard InChI is InChI=1S/C23H17F3N4OS/c1-12-7-16(9-17(8-12)23(24,25)26)20-19(13(2)28-22(31)30-20)21-29-18(11-32-21)15-5-3-14(10-27)4-6-15/h3-9,11,20H,1-2H3,(H2,28,30,31). The Hall–Kier alpha value is -3.64. The molecular formula is C23H17F3N4OS. The normalized spacial score (nSPS) is 16.4. The van der Waals surface area contributed by atoms with Crippen molar-refractivity contribution in [2.45, 2.75) is 26.1 Å². The van der Waals surface area contributed by atoms with Crippen LogP contribution in [0.5, 0.6) is 0 Å². The van der Waals surface area contributed by atoms with Crippen molar-refractivity contribution in [1.29, 1.82) is 5.26 Å². The Bertz CT molecular complexity index is 1270. The summed E-state index contributed by atoms with van der Waals surface area (Å²) in [7, 11) is 0. The van der Waals surface area contributed by atoms with Gasteiger partial charge in [-0.05, 0) is 43.7 Å². The third-order valence-corrected chi connectivity index (χ3v) is 5.95. The number of allylic oxidation sites excluding steroid dienone is 1. The first kappa shape index (κ1) is 21.6. The molecule has 32 heavy (non-hydrogen) atoms. The van der Waals surface area contributed by atoms with E-state index in [0.29, 0.717) is 38.7 Å². The van der Waals surface area contributed by atoms with E-state index in [9.17, 15) is 18.0 Å². The molecule has 3 aromatic rings. The van der Waals surface area contributed by atoms with Gasteiger partial charge in [0.15, 0.2) is 0 Å².